The van der Waals surface area contributed by atoms with E-state index in [9.17, 15) is 9.59 Å². The lowest BCUT2D eigenvalue weighted by Crippen LogP contribution is -2.42. The van der Waals surface area contributed by atoms with Crippen LogP contribution < -0.4 is 0 Å². The van der Waals surface area contributed by atoms with Crippen molar-refractivity contribution in [3.05, 3.63) is 162 Å². The number of aromatic nitrogens is 4. The van der Waals surface area contributed by atoms with E-state index < -0.39 is 17.8 Å². The molecule has 0 aliphatic carbocycles. The Morgan fingerprint density at radius 2 is 1.27 bits per heavy atom. The van der Waals surface area contributed by atoms with Gasteiger partial charge in [0.05, 0.1) is 0 Å². The second-order valence-electron chi connectivity index (χ2n) is 13.3. The van der Waals surface area contributed by atoms with E-state index in [1.807, 2.05) is 117 Å². The van der Waals surface area contributed by atoms with E-state index in [1.165, 1.54) is 0 Å². The fourth-order valence-electron chi connectivity index (χ4n) is 7.17. The minimum absolute atomic E-state index is 0.0624. The van der Waals surface area contributed by atoms with E-state index in [2.05, 4.69) is 48.4 Å². The number of carbonyl (C=O) groups is 2. The van der Waals surface area contributed by atoms with Crippen LogP contribution in [-0.2, 0) is 19.9 Å². The van der Waals surface area contributed by atoms with Crippen LogP contribution in [0.2, 0.25) is 0 Å². The van der Waals surface area contributed by atoms with Gasteiger partial charge in [-0.2, -0.15) is 0 Å². The molecule has 51 heavy (non-hydrogen) atoms. The van der Waals surface area contributed by atoms with Crippen LogP contribution in [0.4, 0.5) is 0 Å². The summed E-state index contributed by atoms with van der Waals surface area (Å²) in [7, 11) is 0. The molecule has 2 heterocycles. The minimum Gasteiger partial charge on any atom is -0.435 e. The lowest BCUT2D eigenvalue weighted by molar-refractivity contribution is -0.144. The van der Waals surface area contributed by atoms with E-state index in [1.54, 1.807) is 9.70 Å². The number of carbonyl (C=O) groups excluding carboxylic acids is 2. The van der Waals surface area contributed by atoms with E-state index in [-0.39, 0.29) is 17.8 Å². The maximum absolute atomic E-state index is 13.4. The van der Waals surface area contributed by atoms with Gasteiger partial charge in [0.25, 0.3) is 0 Å². The molecule has 0 radical (unpaired) electrons. The molecule has 2 unspecified atom stereocenters. The molecule has 5 aromatic carbocycles. The number of amides is 1. The van der Waals surface area contributed by atoms with Crippen LogP contribution in [0, 0.1) is 5.92 Å². The van der Waals surface area contributed by atoms with Gasteiger partial charge in [0.15, 0.2) is 5.54 Å². The zero-order chi connectivity index (χ0) is 35.4. The number of tetrazole rings is 1. The van der Waals surface area contributed by atoms with Crippen LogP contribution in [0.3, 0.4) is 0 Å². The van der Waals surface area contributed by atoms with Gasteiger partial charge in [-0.05, 0) is 45.4 Å². The van der Waals surface area contributed by atoms with Gasteiger partial charge in [-0.3, -0.25) is 9.69 Å². The van der Waals surface area contributed by atoms with Crippen molar-refractivity contribution in [2.75, 3.05) is 0 Å². The SMILES string of the molecule is CCCCC(=O)N1C(c2ccc(-c3ccccc3-c3nnn(C(c4ccccc4)(c4ccccc4)c4ccccc4)n3)cc2)OC(=O)C1C(C)C. The highest BCUT2D eigenvalue weighted by atomic mass is 16.6. The van der Waals surface area contributed by atoms with Gasteiger partial charge in [0, 0.05) is 17.5 Å². The summed E-state index contributed by atoms with van der Waals surface area (Å²) in [6, 6.07) is 46.0. The van der Waals surface area contributed by atoms with Gasteiger partial charge in [0.1, 0.15) is 6.04 Å². The summed E-state index contributed by atoms with van der Waals surface area (Å²) in [5.41, 5.74) is 5.55. The van der Waals surface area contributed by atoms with Gasteiger partial charge >= 0.3 is 5.97 Å². The number of hydrogen-bond donors (Lipinski definition) is 0. The predicted molar refractivity (Wildman–Crippen MR) is 197 cm³/mol. The molecular formula is C43H41N5O3. The highest BCUT2D eigenvalue weighted by molar-refractivity contribution is 5.88. The number of cyclic esters (lactones) is 1. The molecular weight excluding hydrogens is 635 g/mol. The summed E-state index contributed by atoms with van der Waals surface area (Å²) in [6.07, 6.45) is 1.28. The molecule has 256 valence electrons. The van der Waals surface area contributed by atoms with Crippen LogP contribution in [0.5, 0.6) is 0 Å². The zero-order valence-electron chi connectivity index (χ0n) is 29.1. The van der Waals surface area contributed by atoms with Crippen LogP contribution in [0.15, 0.2) is 140 Å². The largest absolute Gasteiger partial charge is 0.435 e. The number of rotatable bonds is 11. The third-order valence-corrected chi connectivity index (χ3v) is 9.65. The Kier molecular flexibility index (Phi) is 9.57. The highest BCUT2D eigenvalue weighted by Gasteiger charge is 2.47. The van der Waals surface area contributed by atoms with Crippen LogP contribution in [0.25, 0.3) is 22.5 Å². The summed E-state index contributed by atoms with van der Waals surface area (Å²) >= 11 is 0. The molecule has 7 rings (SSSR count). The van der Waals surface area contributed by atoms with Crippen LogP contribution in [0.1, 0.15) is 68.5 Å². The van der Waals surface area contributed by atoms with Crippen LogP contribution >= 0.6 is 0 Å². The average Bonchev–Trinajstić information content (AvgIpc) is 3.81. The Balaban J connectivity index is 1.28. The Morgan fingerprint density at radius 3 is 1.80 bits per heavy atom. The number of benzene rings is 5. The molecule has 1 saturated heterocycles. The first-order valence-corrected chi connectivity index (χ1v) is 17.6. The average molecular weight is 676 g/mol. The Bertz CT molecular complexity index is 2000. The molecule has 0 saturated carbocycles. The Hall–Kier alpha value is -5.89. The number of esters is 1. The summed E-state index contributed by atoms with van der Waals surface area (Å²) in [5, 5.41) is 14.6. The molecule has 1 fully saturated rings. The van der Waals surface area contributed by atoms with Gasteiger partial charge in [-0.25, -0.2) is 4.79 Å². The summed E-state index contributed by atoms with van der Waals surface area (Å²) in [6.45, 7) is 5.94. The van der Waals surface area contributed by atoms with Crippen molar-refractivity contribution in [1.29, 1.82) is 0 Å². The predicted octanol–water partition coefficient (Wildman–Crippen LogP) is 8.45. The summed E-state index contributed by atoms with van der Waals surface area (Å²) in [5.74, 6) is -0.00262. The minimum atomic E-state index is -0.890. The lowest BCUT2D eigenvalue weighted by atomic mass is 9.77. The maximum atomic E-state index is 13.4. The Morgan fingerprint density at radius 1 is 0.745 bits per heavy atom. The van der Waals surface area contributed by atoms with E-state index in [0.717, 1.165) is 51.8 Å². The highest BCUT2D eigenvalue weighted by Crippen LogP contribution is 2.41. The number of hydrogen-bond acceptors (Lipinski definition) is 6. The second kappa shape index (κ2) is 14.5. The monoisotopic (exact) mass is 675 g/mol. The van der Waals surface area contributed by atoms with Gasteiger partial charge in [0.2, 0.25) is 18.0 Å². The summed E-state index contributed by atoms with van der Waals surface area (Å²) < 4.78 is 5.85. The van der Waals surface area contributed by atoms with Crippen molar-refractivity contribution >= 4 is 11.9 Å². The van der Waals surface area contributed by atoms with Crippen molar-refractivity contribution in [2.45, 2.75) is 57.8 Å². The maximum Gasteiger partial charge on any atom is 0.331 e. The van der Waals surface area contributed by atoms with E-state index >= 15 is 0 Å². The molecule has 1 aromatic heterocycles. The summed E-state index contributed by atoms with van der Waals surface area (Å²) in [4.78, 5) is 29.7. The number of unbranched alkanes of at least 4 members (excludes halogenated alkanes) is 1. The van der Waals surface area contributed by atoms with Crippen molar-refractivity contribution in [1.82, 2.24) is 25.1 Å². The molecule has 1 aliphatic heterocycles. The third-order valence-electron chi connectivity index (χ3n) is 9.65. The standard InChI is InChI=1S/C43H41N5O3/c1-4-5-25-38(49)47-39(30(2)3)42(50)51-41(47)32-28-26-31(27-29-32)36-23-15-16-24-37(36)40-44-46-48(45-40)43(33-17-9-6-10-18-33,34-19-11-7-12-20-34)35-21-13-8-14-22-35/h6-24,26-30,39,41H,4-5,25H2,1-3H3. The molecule has 6 aromatic rings. The van der Waals surface area contributed by atoms with E-state index in [4.69, 9.17) is 15.0 Å². The van der Waals surface area contributed by atoms with E-state index in [0.29, 0.717) is 12.2 Å². The molecule has 0 spiro atoms. The zero-order valence-corrected chi connectivity index (χ0v) is 29.1. The number of ether oxygens (including phenoxy) is 1. The van der Waals surface area contributed by atoms with Crippen molar-refractivity contribution < 1.29 is 14.3 Å². The number of nitrogens with zero attached hydrogens (tertiary/aromatic N) is 5. The van der Waals surface area contributed by atoms with Crippen LogP contribution in [-0.4, -0.2) is 43.0 Å². The first-order chi connectivity index (χ1) is 24.9. The molecule has 8 heteroatoms. The first-order valence-electron chi connectivity index (χ1n) is 17.6. The normalized spacial score (nSPS) is 16.0. The topological polar surface area (TPSA) is 90.2 Å². The fourth-order valence-corrected chi connectivity index (χ4v) is 7.17. The smallest absolute Gasteiger partial charge is 0.331 e. The first kappa shape index (κ1) is 33.6. The molecule has 1 amide bonds. The van der Waals surface area contributed by atoms with Crippen molar-refractivity contribution in [3.63, 3.8) is 0 Å². The van der Waals surface area contributed by atoms with Gasteiger partial charge < -0.3 is 4.74 Å². The van der Waals surface area contributed by atoms with Gasteiger partial charge in [-0.1, -0.05) is 167 Å². The molecule has 0 bridgehead atoms. The molecule has 1 aliphatic rings. The van der Waals surface area contributed by atoms with Crippen molar-refractivity contribution in [2.24, 2.45) is 5.92 Å². The van der Waals surface area contributed by atoms with Crippen molar-refractivity contribution in [3.8, 4) is 22.5 Å². The molecule has 2 atom stereocenters. The van der Waals surface area contributed by atoms with Gasteiger partial charge in [-0.15, -0.1) is 15.0 Å². The fraction of sp³-hybridized carbons (Fsp3) is 0.233. The molecule has 0 N–H and O–H groups in total. The lowest BCUT2D eigenvalue weighted by Gasteiger charge is -2.34. The third kappa shape index (κ3) is 6.22. The second-order valence-corrected chi connectivity index (χ2v) is 13.3. The Labute approximate surface area is 298 Å². The molecule has 8 nitrogen and oxygen atoms in total. The quantitative estimate of drug-likeness (QED) is 0.101.